The molecule has 10 heteroatoms. The molecule has 35 heavy (non-hydrogen) atoms. The Bertz CT molecular complexity index is 1260. The maximum absolute atomic E-state index is 13.1. The average Bonchev–Trinajstić information content (AvgIpc) is 3.38. The molecule has 1 saturated heterocycles. The Hall–Kier alpha value is -3.47. The van der Waals surface area contributed by atoms with Crippen molar-refractivity contribution in [3.63, 3.8) is 0 Å². The number of furan rings is 1. The van der Waals surface area contributed by atoms with E-state index in [1.54, 1.807) is 6.07 Å². The number of hydrogen-bond acceptors (Lipinski definition) is 6. The number of benzene rings is 2. The van der Waals surface area contributed by atoms with Crippen LogP contribution in [-0.4, -0.2) is 55.6 Å². The van der Waals surface area contributed by atoms with Crippen LogP contribution in [0.4, 0.5) is 0 Å². The summed E-state index contributed by atoms with van der Waals surface area (Å²) in [5.74, 6) is -0.397. The number of rotatable bonds is 7. The van der Waals surface area contributed by atoms with E-state index in [1.165, 1.54) is 40.2 Å². The number of piperazine rings is 1. The number of hydrazine groups is 1. The van der Waals surface area contributed by atoms with Crippen LogP contribution in [0, 0.1) is 0 Å². The van der Waals surface area contributed by atoms with Gasteiger partial charge in [0.05, 0.1) is 4.90 Å². The number of sulfonamides is 1. The van der Waals surface area contributed by atoms with Crippen LogP contribution in [0.1, 0.15) is 39.2 Å². The summed E-state index contributed by atoms with van der Waals surface area (Å²) in [6, 6.07) is 19.0. The van der Waals surface area contributed by atoms with Crippen LogP contribution < -0.4 is 10.9 Å². The summed E-state index contributed by atoms with van der Waals surface area (Å²) in [5, 5.41) is 0. The van der Waals surface area contributed by atoms with Crippen molar-refractivity contribution in [1.29, 1.82) is 0 Å². The molecule has 0 aliphatic carbocycles. The summed E-state index contributed by atoms with van der Waals surface area (Å²) in [7, 11) is -3.67. The van der Waals surface area contributed by atoms with Crippen LogP contribution in [0.15, 0.2) is 76.0 Å². The monoisotopic (exact) mass is 496 g/mol. The Morgan fingerprint density at radius 1 is 0.857 bits per heavy atom. The van der Waals surface area contributed by atoms with E-state index < -0.39 is 21.8 Å². The van der Waals surface area contributed by atoms with Crippen molar-refractivity contribution in [2.45, 2.75) is 24.8 Å². The molecule has 0 unspecified atom stereocenters. The number of amides is 2. The second-order valence-corrected chi connectivity index (χ2v) is 10.2. The molecule has 2 heterocycles. The van der Waals surface area contributed by atoms with Crippen LogP contribution in [0.3, 0.4) is 0 Å². The van der Waals surface area contributed by atoms with Gasteiger partial charge in [0.25, 0.3) is 5.91 Å². The zero-order valence-corrected chi connectivity index (χ0v) is 20.3. The lowest BCUT2D eigenvalue weighted by Gasteiger charge is -2.34. The molecule has 2 aromatic carbocycles. The van der Waals surface area contributed by atoms with Gasteiger partial charge in [-0.1, -0.05) is 37.3 Å². The Labute approximate surface area is 204 Å². The summed E-state index contributed by atoms with van der Waals surface area (Å²) < 4.78 is 33.0. The number of carbonyl (C=O) groups is 2. The van der Waals surface area contributed by atoms with Gasteiger partial charge in [-0.3, -0.25) is 25.3 Å². The van der Waals surface area contributed by atoms with Crippen molar-refractivity contribution in [3.8, 4) is 0 Å². The Balaban J connectivity index is 1.31. The van der Waals surface area contributed by atoms with Gasteiger partial charge < -0.3 is 4.42 Å². The molecule has 0 atom stereocenters. The third kappa shape index (κ3) is 5.97. The quantitative estimate of drug-likeness (QED) is 0.486. The Kier molecular flexibility index (Phi) is 7.64. The number of hydrogen-bond donors (Lipinski definition) is 2. The molecular formula is C25H28N4O5S. The van der Waals surface area contributed by atoms with E-state index in [4.69, 9.17) is 4.42 Å². The minimum absolute atomic E-state index is 0.0902. The molecule has 9 nitrogen and oxygen atoms in total. The maximum atomic E-state index is 13.1. The van der Waals surface area contributed by atoms with Crippen LogP contribution in [0.2, 0.25) is 0 Å². The van der Waals surface area contributed by atoms with Crippen LogP contribution in [0.5, 0.6) is 0 Å². The molecule has 0 saturated carbocycles. The maximum Gasteiger partial charge on any atom is 0.305 e. The summed E-state index contributed by atoms with van der Waals surface area (Å²) in [6.45, 7) is 4.77. The molecule has 0 spiro atoms. The third-order valence-corrected chi connectivity index (χ3v) is 7.77. The standard InChI is InChI=1S/C25H28N4O5S/c1-2-21-10-13-23(34-21)25(31)27-26-24(30)20-8-11-22(12-9-20)35(32,33)29-16-14-28(15-17-29)18-19-6-4-3-5-7-19/h3-13H,2,14-18H2,1H3,(H,26,30)(H,27,31). The molecule has 3 aromatic rings. The first kappa shape index (κ1) is 24.6. The highest BCUT2D eigenvalue weighted by Crippen LogP contribution is 2.19. The van der Waals surface area contributed by atoms with E-state index >= 15 is 0 Å². The normalized spacial score (nSPS) is 15.0. The predicted octanol–water partition coefficient (Wildman–Crippen LogP) is 2.42. The molecule has 1 aromatic heterocycles. The first-order chi connectivity index (χ1) is 16.9. The molecule has 2 amide bonds. The predicted molar refractivity (Wildman–Crippen MR) is 130 cm³/mol. The fraction of sp³-hybridized carbons (Fsp3) is 0.280. The molecule has 1 fully saturated rings. The zero-order chi connectivity index (χ0) is 24.8. The van der Waals surface area contributed by atoms with Gasteiger partial charge in [0, 0.05) is 44.7 Å². The molecule has 1 aliphatic rings. The van der Waals surface area contributed by atoms with Gasteiger partial charge in [0.15, 0.2) is 5.76 Å². The molecule has 184 valence electrons. The van der Waals surface area contributed by atoms with Gasteiger partial charge in [-0.2, -0.15) is 4.31 Å². The Morgan fingerprint density at radius 3 is 2.14 bits per heavy atom. The summed E-state index contributed by atoms with van der Waals surface area (Å²) in [4.78, 5) is 26.8. The molecule has 0 radical (unpaired) electrons. The van der Waals surface area contributed by atoms with Crippen molar-refractivity contribution >= 4 is 21.8 Å². The lowest BCUT2D eigenvalue weighted by Crippen LogP contribution is -2.48. The minimum atomic E-state index is -3.67. The van der Waals surface area contributed by atoms with Crippen LogP contribution in [-0.2, 0) is 23.0 Å². The van der Waals surface area contributed by atoms with E-state index in [1.807, 2.05) is 25.1 Å². The first-order valence-corrected chi connectivity index (χ1v) is 12.9. The topological polar surface area (TPSA) is 112 Å². The highest BCUT2D eigenvalue weighted by molar-refractivity contribution is 7.89. The summed E-state index contributed by atoms with van der Waals surface area (Å²) >= 11 is 0. The van der Waals surface area contributed by atoms with Crippen molar-refractivity contribution in [2.24, 2.45) is 0 Å². The Morgan fingerprint density at radius 2 is 1.51 bits per heavy atom. The highest BCUT2D eigenvalue weighted by Gasteiger charge is 2.28. The fourth-order valence-electron chi connectivity index (χ4n) is 3.83. The second kappa shape index (κ2) is 10.9. The molecule has 0 bridgehead atoms. The fourth-order valence-corrected chi connectivity index (χ4v) is 5.26. The van der Waals surface area contributed by atoms with Gasteiger partial charge in [-0.05, 0) is 42.0 Å². The number of nitrogens with one attached hydrogen (secondary N) is 2. The van der Waals surface area contributed by atoms with E-state index in [0.717, 1.165) is 6.54 Å². The van der Waals surface area contributed by atoms with Gasteiger partial charge in [0.2, 0.25) is 10.0 Å². The number of aryl methyl sites for hydroxylation is 1. The zero-order valence-electron chi connectivity index (χ0n) is 19.4. The molecular weight excluding hydrogens is 468 g/mol. The van der Waals surface area contributed by atoms with Crippen molar-refractivity contribution in [1.82, 2.24) is 20.1 Å². The number of nitrogens with zero attached hydrogens (tertiary/aromatic N) is 2. The van der Waals surface area contributed by atoms with E-state index in [9.17, 15) is 18.0 Å². The van der Waals surface area contributed by atoms with E-state index in [0.29, 0.717) is 38.4 Å². The summed E-state index contributed by atoms with van der Waals surface area (Å²) in [6.07, 6.45) is 0.651. The SMILES string of the molecule is CCc1ccc(C(=O)NNC(=O)c2ccc(S(=O)(=O)N3CCN(Cc4ccccc4)CC3)cc2)o1. The van der Waals surface area contributed by atoms with Crippen LogP contribution >= 0.6 is 0 Å². The van der Waals surface area contributed by atoms with Gasteiger partial charge >= 0.3 is 5.91 Å². The minimum Gasteiger partial charge on any atom is -0.456 e. The molecule has 4 rings (SSSR count). The second-order valence-electron chi connectivity index (χ2n) is 8.22. The van der Waals surface area contributed by atoms with Gasteiger partial charge in [-0.25, -0.2) is 8.42 Å². The number of carbonyl (C=O) groups excluding carboxylic acids is 2. The highest BCUT2D eigenvalue weighted by atomic mass is 32.2. The van der Waals surface area contributed by atoms with Crippen molar-refractivity contribution < 1.29 is 22.4 Å². The van der Waals surface area contributed by atoms with Gasteiger partial charge in [-0.15, -0.1) is 0 Å². The first-order valence-electron chi connectivity index (χ1n) is 11.4. The largest absolute Gasteiger partial charge is 0.456 e. The third-order valence-electron chi connectivity index (χ3n) is 5.86. The lowest BCUT2D eigenvalue weighted by atomic mass is 10.2. The lowest BCUT2D eigenvalue weighted by molar-refractivity contribution is 0.0830. The van der Waals surface area contributed by atoms with Crippen molar-refractivity contribution in [2.75, 3.05) is 26.2 Å². The van der Waals surface area contributed by atoms with Crippen molar-refractivity contribution in [3.05, 3.63) is 89.4 Å². The summed E-state index contributed by atoms with van der Waals surface area (Å²) in [5.41, 5.74) is 6.01. The van der Waals surface area contributed by atoms with Crippen LogP contribution in [0.25, 0.3) is 0 Å². The average molecular weight is 497 g/mol. The van der Waals surface area contributed by atoms with Gasteiger partial charge in [0.1, 0.15) is 5.76 Å². The molecule has 1 aliphatic heterocycles. The molecule has 2 N–H and O–H groups in total. The van der Waals surface area contributed by atoms with E-state index in [2.05, 4.69) is 27.9 Å². The van der Waals surface area contributed by atoms with E-state index in [-0.39, 0.29) is 16.2 Å². The smallest absolute Gasteiger partial charge is 0.305 e.